The van der Waals surface area contributed by atoms with E-state index in [0.717, 1.165) is 6.42 Å². The summed E-state index contributed by atoms with van der Waals surface area (Å²) in [5.41, 5.74) is 6.15. The molecule has 0 bridgehead atoms. The SMILES string of the molecule is CC1(C)CCC(CC(N)CNC(=O)OC(C)(C)C)CC1. The summed E-state index contributed by atoms with van der Waals surface area (Å²) in [7, 11) is 0. The standard InChI is InChI=1S/C16H32N2O2/c1-15(2,3)20-14(19)18-11-13(17)10-12-6-8-16(4,5)9-7-12/h12-13H,6-11,17H2,1-5H3,(H,18,19). The Balaban J connectivity index is 2.21. The molecular weight excluding hydrogens is 252 g/mol. The van der Waals surface area contributed by atoms with E-state index in [0.29, 0.717) is 17.9 Å². The molecule has 118 valence electrons. The first kappa shape index (κ1) is 17.3. The van der Waals surface area contributed by atoms with Gasteiger partial charge >= 0.3 is 6.09 Å². The topological polar surface area (TPSA) is 64.3 Å². The number of alkyl carbamates (subject to hydrolysis) is 1. The molecule has 4 heteroatoms. The van der Waals surface area contributed by atoms with Gasteiger partial charge in [0.25, 0.3) is 0 Å². The number of carbonyl (C=O) groups is 1. The second-order valence-corrected chi connectivity index (χ2v) is 7.99. The molecule has 1 saturated carbocycles. The number of ether oxygens (including phenoxy) is 1. The van der Waals surface area contributed by atoms with Crippen LogP contribution in [0, 0.1) is 11.3 Å². The molecule has 1 atom stereocenters. The van der Waals surface area contributed by atoms with Gasteiger partial charge in [0, 0.05) is 12.6 Å². The molecule has 0 aromatic heterocycles. The van der Waals surface area contributed by atoms with Crippen LogP contribution in [0.4, 0.5) is 4.79 Å². The third-order valence-corrected chi connectivity index (χ3v) is 4.00. The summed E-state index contributed by atoms with van der Waals surface area (Å²) < 4.78 is 5.20. The number of hydrogen-bond acceptors (Lipinski definition) is 3. The van der Waals surface area contributed by atoms with E-state index in [1.807, 2.05) is 20.8 Å². The maximum Gasteiger partial charge on any atom is 0.407 e. The molecule has 0 aromatic carbocycles. The van der Waals surface area contributed by atoms with E-state index >= 15 is 0 Å². The molecule has 1 unspecified atom stereocenters. The smallest absolute Gasteiger partial charge is 0.407 e. The van der Waals surface area contributed by atoms with Gasteiger partial charge < -0.3 is 15.8 Å². The predicted octanol–water partition coefficient (Wildman–Crippen LogP) is 3.44. The average Bonchev–Trinajstić information content (AvgIpc) is 2.27. The van der Waals surface area contributed by atoms with E-state index in [2.05, 4.69) is 19.2 Å². The minimum atomic E-state index is -0.455. The minimum Gasteiger partial charge on any atom is -0.444 e. The fraction of sp³-hybridized carbons (Fsp3) is 0.938. The summed E-state index contributed by atoms with van der Waals surface area (Å²) in [6.07, 6.45) is 5.69. The fourth-order valence-corrected chi connectivity index (χ4v) is 2.73. The molecule has 1 aliphatic carbocycles. The van der Waals surface area contributed by atoms with Gasteiger partial charge in [0.05, 0.1) is 0 Å². The Hall–Kier alpha value is -0.770. The zero-order valence-electron chi connectivity index (χ0n) is 13.8. The lowest BCUT2D eigenvalue weighted by Crippen LogP contribution is -2.41. The van der Waals surface area contributed by atoms with E-state index in [9.17, 15) is 4.79 Å². The number of hydrogen-bond donors (Lipinski definition) is 2. The van der Waals surface area contributed by atoms with Crippen LogP contribution in [0.25, 0.3) is 0 Å². The lowest BCUT2D eigenvalue weighted by Gasteiger charge is -2.35. The van der Waals surface area contributed by atoms with Crippen LogP contribution in [0.5, 0.6) is 0 Å². The van der Waals surface area contributed by atoms with Gasteiger partial charge in [-0.2, -0.15) is 0 Å². The van der Waals surface area contributed by atoms with Crippen LogP contribution in [0.1, 0.15) is 66.7 Å². The second kappa shape index (κ2) is 6.79. The first-order chi connectivity index (χ1) is 9.07. The zero-order chi connectivity index (χ0) is 15.4. The first-order valence-corrected chi connectivity index (χ1v) is 7.80. The molecule has 0 radical (unpaired) electrons. The van der Waals surface area contributed by atoms with Gasteiger partial charge in [0.15, 0.2) is 0 Å². The maximum atomic E-state index is 11.6. The maximum absolute atomic E-state index is 11.6. The van der Waals surface area contributed by atoms with E-state index in [-0.39, 0.29) is 12.1 Å². The Morgan fingerprint density at radius 2 is 1.90 bits per heavy atom. The molecule has 0 aliphatic heterocycles. The molecule has 20 heavy (non-hydrogen) atoms. The summed E-state index contributed by atoms with van der Waals surface area (Å²) in [5, 5.41) is 2.76. The van der Waals surface area contributed by atoms with Crippen molar-refractivity contribution < 1.29 is 9.53 Å². The Bertz CT molecular complexity index is 311. The van der Waals surface area contributed by atoms with Crippen LogP contribution >= 0.6 is 0 Å². The van der Waals surface area contributed by atoms with Crippen molar-refractivity contribution in [2.45, 2.75) is 78.4 Å². The number of nitrogens with one attached hydrogen (secondary N) is 1. The lowest BCUT2D eigenvalue weighted by molar-refractivity contribution is 0.0522. The molecule has 0 saturated heterocycles. The van der Waals surface area contributed by atoms with Gasteiger partial charge in [-0.3, -0.25) is 0 Å². The van der Waals surface area contributed by atoms with Crippen LogP contribution in [0.15, 0.2) is 0 Å². The van der Waals surface area contributed by atoms with Crippen molar-refractivity contribution >= 4 is 6.09 Å². The zero-order valence-corrected chi connectivity index (χ0v) is 13.8. The molecule has 1 rings (SSSR count). The molecule has 4 nitrogen and oxygen atoms in total. The Kier molecular flexibility index (Phi) is 5.87. The minimum absolute atomic E-state index is 0.0220. The van der Waals surface area contributed by atoms with Crippen LogP contribution in [-0.4, -0.2) is 24.3 Å². The Labute approximate surface area is 123 Å². The third kappa shape index (κ3) is 7.13. The molecule has 0 spiro atoms. The molecule has 1 amide bonds. The highest BCUT2D eigenvalue weighted by atomic mass is 16.6. The van der Waals surface area contributed by atoms with Crippen molar-refractivity contribution in [3.8, 4) is 0 Å². The van der Waals surface area contributed by atoms with Gasteiger partial charge in [0.2, 0.25) is 0 Å². The van der Waals surface area contributed by atoms with Crippen molar-refractivity contribution in [1.29, 1.82) is 0 Å². The number of amides is 1. The summed E-state index contributed by atoms with van der Waals surface area (Å²) >= 11 is 0. The average molecular weight is 284 g/mol. The highest BCUT2D eigenvalue weighted by Gasteiger charge is 2.27. The van der Waals surface area contributed by atoms with E-state index < -0.39 is 5.60 Å². The van der Waals surface area contributed by atoms with Crippen molar-refractivity contribution in [3.63, 3.8) is 0 Å². The van der Waals surface area contributed by atoms with Gasteiger partial charge in [-0.05, 0) is 64.2 Å². The van der Waals surface area contributed by atoms with E-state index in [1.54, 1.807) is 0 Å². The predicted molar refractivity (Wildman–Crippen MR) is 82.6 cm³/mol. The van der Waals surface area contributed by atoms with Crippen molar-refractivity contribution in [3.05, 3.63) is 0 Å². The van der Waals surface area contributed by atoms with Gasteiger partial charge in [-0.1, -0.05) is 13.8 Å². The summed E-state index contributed by atoms with van der Waals surface area (Å²) in [5.74, 6) is 0.707. The van der Waals surface area contributed by atoms with Crippen molar-refractivity contribution in [2.75, 3.05) is 6.54 Å². The monoisotopic (exact) mass is 284 g/mol. The number of carbonyl (C=O) groups excluding carboxylic acids is 1. The van der Waals surface area contributed by atoms with Gasteiger partial charge in [-0.25, -0.2) is 4.79 Å². The van der Waals surface area contributed by atoms with E-state index in [1.165, 1.54) is 25.7 Å². The first-order valence-electron chi connectivity index (χ1n) is 7.80. The van der Waals surface area contributed by atoms with Gasteiger partial charge in [-0.15, -0.1) is 0 Å². The molecule has 3 N–H and O–H groups in total. The quantitative estimate of drug-likeness (QED) is 0.831. The van der Waals surface area contributed by atoms with Crippen LogP contribution in [0.3, 0.4) is 0 Å². The Morgan fingerprint density at radius 1 is 1.35 bits per heavy atom. The molecule has 1 aliphatic rings. The molecule has 0 aromatic rings. The molecule has 0 heterocycles. The van der Waals surface area contributed by atoms with Crippen LogP contribution in [-0.2, 0) is 4.74 Å². The van der Waals surface area contributed by atoms with Crippen LogP contribution in [0.2, 0.25) is 0 Å². The van der Waals surface area contributed by atoms with Gasteiger partial charge in [0.1, 0.15) is 5.60 Å². The summed E-state index contributed by atoms with van der Waals surface area (Å²) in [6.45, 7) is 10.7. The second-order valence-electron chi connectivity index (χ2n) is 7.99. The summed E-state index contributed by atoms with van der Waals surface area (Å²) in [6, 6.07) is 0.0220. The number of rotatable bonds is 4. The highest BCUT2D eigenvalue weighted by Crippen LogP contribution is 2.39. The largest absolute Gasteiger partial charge is 0.444 e. The van der Waals surface area contributed by atoms with Crippen molar-refractivity contribution in [2.24, 2.45) is 17.1 Å². The van der Waals surface area contributed by atoms with Crippen molar-refractivity contribution in [1.82, 2.24) is 5.32 Å². The van der Waals surface area contributed by atoms with Crippen LogP contribution < -0.4 is 11.1 Å². The number of nitrogens with two attached hydrogens (primary N) is 1. The summed E-state index contributed by atoms with van der Waals surface area (Å²) in [4.78, 5) is 11.6. The fourth-order valence-electron chi connectivity index (χ4n) is 2.73. The third-order valence-electron chi connectivity index (χ3n) is 4.00. The van der Waals surface area contributed by atoms with E-state index in [4.69, 9.17) is 10.5 Å². The highest BCUT2D eigenvalue weighted by molar-refractivity contribution is 5.67. The lowest BCUT2D eigenvalue weighted by atomic mass is 9.72. The molecule has 1 fully saturated rings. The molecular formula is C16H32N2O2. The normalized spacial score (nSPS) is 21.3. The Morgan fingerprint density at radius 3 is 2.40 bits per heavy atom.